The highest BCUT2D eigenvalue weighted by molar-refractivity contribution is 6.36. The van der Waals surface area contributed by atoms with Gasteiger partial charge in [-0.2, -0.15) is 0 Å². The summed E-state index contributed by atoms with van der Waals surface area (Å²) in [7, 11) is 0. The number of quaternary nitrogens is 1. The van der Waals surface area contributed by atoms with E-state index in [0.29, 0.717) is 10.7 Å². The number of carbonyl (C=O) groups is 1. The number of hydrogen-bond acceptors (Lipinski definition) is 3. The first-order valence-corrected chi connectivity index (χ1v) is 9.41. The van der Waals surface area contributed by atoms with Gasteiger partial charge in [0.2, 0.25) is 0 Å². The number of hydrogen-bond donors (Lipinski definition) is 3. The van der Waals surface area contributed by atoms with Crippen molar-refractivity contribution in [3.8, 4) is 5.75 Å². The Morgan fingerprint density at radius 3 is 2.46 bits per heavy atom. The van der Waals surface area contributed by atoms with E-state index in [-0.39, 0.29) is 16.3 Å². The Morgan fingerprint density at radius 2 is 1.85 bits per heavy atom. The number of likely N-dealkylation sites (N-methyl/N-ethyl adjacent to an activating group) is 1. The predicted octanol–water partition coefficient (Wildman–Crippen LogP) is 2.68. The molecule has 0 saturated carbocycles. The molecule has 0 bridgehead atoms. The lowest BCUT2D eigenvalue weighted by Gasteiger charge is -2.33. The summed E-state index contributed by atoms with van der Waals surface area (Å²) in [6.45, 7) is 7.73. The maximum Gasteiger partial charge on any atom is 0.259 e. The lowest BCUT2D eigenvalue weighted by Crippen LogP contribution is -3.14. The number of phenols is 1. The van der Waals surface area contributed by atoms with Gasteiger partial charge in [-0.3, -0.25) is 4.79 Å². The van der Waals surface area contributed by atoms with E-state index in [0.717, 1.165) is 31.9 Å². The van der Waals surface area contributed by atoms with E-state index in [1.807, 2.05) is 24.3 Å². The van der Waals surface area contributed by atoms with Gasteiger partial charge in [0.1, 0.15) is 5.75 Å². The van der Waals surface area contributed by atoms with Crippen LogP contribution in [0.5, 0.6) is 5.75 Å². The zero-order valence-electron chi connectivity index (χ0n) is 14.6. The fourth-order valence-electron chi connectivity index (χ4n) is 3.13. The highest BCUT2D eigenvalue weighted by atomic mass is 35.5. The fraction of sp³-hybridized carbons (Fsp3) is 0.316. The van der Waals surface area contributed by atoms with E-state index in [1.54, 1.807) is 4.90 Å². The van der Waals surface area contributed by atoms with Crippen LogP contribution in [0.1, 0.15) is 17.3 Å². The van der Waals surface area contributed by atoms with E-state index in [9.17, 15) is 9.90 Å². The number of aromatic hydroxyl groups is 1. The van der Waals surface area contributed by atoms with Crippen LogP contribution in [0.4, 0.5) is 11.4 Å². The zero-order chi connectivity index (χ0) is 18.7. The molecule has 5 nitrogen and oxygen atoms in total. The number of halogens is 2. The van der Waals surface area contributed by atoms with Gasteiger partial charge >= 0.3 is 0 Å². The normalized spacial score (nSPS) is 15.1. The third-order valence-corrected chi connectivity index (χ3v) is 5.24. The van der Waals surface area contributed by atoms with Crippen LogP contribution in [0, 0.1) is 0 Å². The Morgan fingerprint density at radius 1 is 1.19 bits per heavy atom. The lowest BCUT2D eigenvalue weighted by molar-refractivity contribution is -0.898. The molecular formula is C19H22Cl2N3O2+. The molecule has 2 aromatic carbocycles. The molecule has 3 N–H and O–H groups in total. The number of nitrogens with one attached hydrogen (secondary N) is 2. The largest absolute Gasteiger partial charge is 0.506 e. The van der Waals surface area contributed by atoms with Crippen molar-refractivity contribution in [2.24, 2.45) is 0 Å². The minimum atomic E-state index is -0.459. The van der Waals surface area contributed by atoms with Gasteiger partial charge in [-0.05, 0) is 43.3 Å². The second-order valence-corrected chi connectivity index (χ2v) is 7.22. The molecule has 1 amide bonds. The van der Waals surface area contributed by atoms with Crippen LogP contribution in [-0.2, 0) is 0 Å². The summed E-state index contributed by atoms with van der Waals surface area (Å²) >= 11 is 11.8. The fourth-order valence-corrected chi connectivity index (χ4v) is 3.62. The molecule has 1 aliphatic rings. The number of piperazine rings is 1. The summed E-state index contributed by atoms with van der Waals surface area (Å²) < 4.78 is 0. The summed E-state index contributed by atoms with van der Waals surface area (Å²) in [5.41, 5.74) is 1.84. The van der Waals surface area contributed by atoms with Crippen LogP contribution in [-0.4, -0.2) is 43.7 Å². The van der Waals surface area contributed by atoms with Crippen LogP contribution >= 0.6 is 23.2 Å². The highest BCUT2D eigenvalue weighted by Gasteiger charge is 2.19. The van der Waals surface area contributed by atoms with Crippen molar-refractivity contribution < 1.29 is 14.8 Å². The highest BCUT2D eigenvalue weighted by Crippen LogP contribution is 2.31. The van der Waals surface area contributed by atoms with Gasteiger partial charge in [-0.1, -0.05) is 23.2 Å². The smallest absolute Gasteiger partial charge is 0.259 e. The van der Waals surface area contributed by atoms with Crippen molar-refractivity contribution in [1.82, 2.24) is 0 Å². The van der Waals surface area contributed by atoms with E-state index in [4.69, 9.17) is 23.2 Å². The molecule has 0 unspecified atom stereocenters. The maximum absolute atomic E-state index is 12.4. The second-order valence-electron chi connectivity index (χ2n) is 6.38. The van der Waals surface area contributed by atoms with Crippen molar-refractivity contribution in [2.45, 2.75) is 6.92 Å². The van der Waals surface area contributed by atoms with Crippen LogP contribution in [0.2, 0.25) is 10.0 Å². The number of phenolic OH excluding ortho intramolecular Hbond substituents is 1. The van der Waals surface area contributed by atoms with Crippen molar-refractivity contribution in [3.05, 3.63) is 52.0 Å². The van der Waals surface area contributed by atoms with E-state index in [2.05, 4.69) is 17.1 Å². The van der Waals surface area contributed by atoms with E-state index in [1.165, 1.54) is 18.7 Å². The molecule has 1 fully saturated rings. The molecular weight excluding hydrogens is 373 g/mol. The molecule has 26 heavy (non-hydrogen) atoms. The third-order valence-electron chi connectivity index (χ3n) is 4.73. The van der Waals surface area contributed by atoms with Crippen molar-refractivity contribution >= 4 is 40.5 Å². The second kappa shape index (κ2) is 8.16. The minimum Gasteiger partial charge on any atom is -0.506 e. The number of anilines is 2. The average molecular weight is 395 g/mol. The molecule has 0 aliphatic carbocycles. The molecule has 1 saturated heterocycles. The maximum atomic E-state index is 12.4. The first-order valence-electron chi connectivity index (χ1n) is 8.66. The zero-order valence-corrected chi connectivity index (χ0v) is 16.1. The molecule has 1 aliphatic heterocycles. The Balaban J connectivity index is 1.67. The summed E-state index contributed by atoms with van der Waals surface area (Å²) in [4.78, 5) is 16.4. The molecule has 138 valence electrons. The first kappa shape index (κ1) is 18.8. The number of rotatable bonds is 4. The van der Waals surface area contributed by atoms with Crippen molar-refractivity contribution in [3.63, 3.8) is 0 Å². The number of carbonyl (C=O) groups excluding carboxylic acids is 1. The molecule has 0 aromatic heterocycles. The van der Waals surface area contributed by atoms with Crippen LogP contribution < -0.4 is 15.1 Å². The van der Waals surface area contributed by atoms with Crippen LogP contribution in [0.25, 0.3) is 0 Å². The topological polar surface area (TPSA) is 57.0 Å². The molecule has 0 spiro atoms. The number of benzene rings is 2. The molecule has 7 heteroatoms. The van der Waals surface area contributed by atoms with Gasteiger partial charge in [-0.15, -0.1) is 0 Å². The standard InChI is InChI=1S/C19H21Cl2N3O2/c1-2-23-7-9-24(10-8-23)15-5-3-14(4-6-15)22-19(26)16-11-13(20)12-17(21)18(16)25/h3-6,11-12,25H,2,7-10H2,1H3,(H,22,26)/p+1. The van der Waals surface area contributed by atoms with Gasteiger partial charge in [0.15, 0.2) is 0 Å². The Hall–Kier alpha value is -1.95. The van der Waals surface area contributed by atoms with E-state index < -0.39 is 5.91 Å². The monoisotopic (exact) mass is 394 g/mol. The van der Waals surface area contributed by atoms with Gasteiger partial charge in [0.25, 0.3) is 5.91 Å². The van der Waals surface area contributed by atoms with Gasteiger partial charge in [0, 0.05) is 16.4 Å². The third kappa shape index (κ3) is 4.23. The summed E-state index contributed by atoms with van der Waals surface area (Å²) in [5.74, 6) is -0.735. The SMILES string of the molecule is CC[NH+]1CCN(c2ccc(NC(=O)c3cc(Cl)cc(Cl)c3O)cc2)CC1. The van der Waals surface area contributed by atoms with Gasteiger partial charge in [0.05, 0.1) is 43.3 Å². The summed E-state index contributed by atoms with van der Waals surface area (Å²) in [6.07, 6.45) is 0. The van der Waals surface area contributed by atoms with Crippen LogP contribution in [0.3, 0.4) is 0 Å². The number of nitrogens with zero attached hydrogens (tertiary/aromatic N) is 1. The molecule has 2 aromatic rings. The Kier molecular flexibility index (Phi) is 5.91. The average Bonchev–Trinajstić information content (AvgIpc) is 2.65. The molecule has 1 heterocycles. The Labute approximate surface area is 163 Å². The van der Waals surface area contributed by atoms with E-state index >= 15 is 0 Å². The van der Waals surface area contributed by atoms with Crippen molar-refractivity contribution in [1.29, 1.82) is 0 Å². The minimum absolute atomic E-state index is 0.0465. The first-order chi connectivity index (χ1) is 12.5. The van der Waals surface area contributed by atoms with Gasteiger partial charge < -0.3 is 20.2 Å². The van der Waals surface area contributed by atoms with Crippen LogP contribution in [0.15, 0.2) is 36.4 Å². The number of amides is 1. The van der Waals surface area contributed by atoms with Gasteiger partial charge in [-0.25, -0.2) is 0 Å². The predicted molar refractivity (Wildman–Crippen MR) is 106 cm³/mol. The summed E-state index contributed by atoms with van der Waals surface area (Å²) in [5, 5.41) is 13.1. The molecule has 0 atom stereocenters. The molecule has 3 rings (SSSR count). The Bertz CT molecular complexity index is 788. The van der Waals surface area contributed by atoms with Crippen molar-refractivity contribution in [2.75, 3.05) is 42.9 Å². The quantitative estimate of drug-likeness (QED) is 0.746. The molecule has 0 radical (unpaired) electrons. The lowest BCUT2D eigenvalue weighted by atomic mass is 10.1. The summed E-state index contributed by atoms with van der Waals surface area (Å²) in [6, 6.07) is 10.5.